The number of rotatable bonds is 5. The first-order valence-corrected chi connectivity index (χ1v) is 11.1. The lowest BCUT2D eigenvalue weighted by Crippen LogP contribution is -2.61. The third kappa shape index (κ3) is 4.48. The number of fused-ring (bicyclic) bond motifs is 1. The Morgan fingerprint density at radius 3 is 2.65 bits per heavy atom. The number of amides is 1. The largest absolute Gasteiger partial charge is 0.419 e. The fraction of sp³-hybridized carbons (Fsp3) is 0.400. The third-order valence-electron chi connectivity index (χ3n) is 6.55. The molecule has 0 saturated carbocycles. The molecule has 1 aromatic heterocycles. The van der Waals surface area contributed by atoms with E-state index in [0.29, 0.717) is 17.5 Å². The molecule has 2 aromatic carbocycles. The van der Waals surface area contributed by atoms with Crippen molar-refractivity contribution in [3.8, 4) is 17.2 Å². The van der Waals surface area contributed by atoms with E-state index in [1.54, 1.807) is 20.0 Å². The minimum atomic E-state index is -1.50. The lowest BCUT2D eigenvalue weighted by atomic mass is 9.81. The van der Waals surface area contributed by atoms with E-state index in [-0.39, 0.29) is 26.1 Å². The smallest absolute Gasteiger partial charge is 0.408 e. The van der Waals surface area contributed by atoms with Gasteiger partial charge in [0.15, 0.2) is 11.2 Å². The first-order valence-electron chi connectivity index (χ1n) is 11.1. The van der Waals surface area contributed by atoms with Gasteiger partial charge in [0, 0.05) is 26.6 Å². The molecule has 0 aliphatic carbocycles. The number of aliphatic hydroxyl groups is 1. The van der Waals surface area contributed by atoms with Gasteiger partial charge in [0.05, 0.1) is 29.7 Å². The van der Waals surface area contributed by atoms with E-state index in [2.05, 4.69) is 11.4 Å². The molecule has 0 bridgehead atoms. The molecule has 4 N–H and O–H groups in total. The van der Waals surface area contributed by atoms with E-state index in [9.17, 15) is 20.0 Å². The summed E-state index contributed by atoms with van der Waals surface area (Å²) in [5.74, 6) is -1.94. The number of nitrogens with two attached hydrogens (primary N) is 1. The van der Waals surface area contributed by atoms with Gasteiger partial charge in [-0.3, -0.25) is 9.36 Å². The molecule has 178 valence electrons. The van der Waals surface area contributed by atoms with Gasteiger partial charge in [-0.25, -0.2) is 4.79 Å². The van der Waals surface area contributed by atoms with Crippen LogP contribution in [0.25, 0.3) is 22.2 Å². The van der Waals surface area contributed by atoms with E-state index in [4.69, 9.17) is 14.9 Å². The number of aromatic nitrogens is 1. The number of carbonyl (C=O) groups excluding carboxylic acids is 1. The van der Waals surface area contributed by atoms with E-state index < -0.39 is 28.8 Å². The number of hydrogen-bond donors (Lipinski definition) is 3. The zero-order valence-corrected chi connectivity index (χ0v) is 19.2. The van der Waals surface area contributed by atoms with Crippen LogP contribution in [0.1, 0.15) is 18.9 Å². The van der Waals surface area contributed by atoms with Crippen LogP contribution in [0.15, 0.2) is 51.7 Å². The highest BCUT2D eigenvalue weighted by Gasteiger charge is 2.47. The highest BCUT2D eigenvalue weighted by atomic mass is 16.5. The molecule has 0 radical (unpaired) electrons. The number of carbonyl (C=O) groups is 1. The molecular weight excluding hydrogens is 436 g/mol. The van der Waals surface area contributed by atoms with Crippen LogP contribution in [0.3, 0.4) is 0 Å². The molecule has 0 spiro atoms. The Morgan fingerprint density at radius 2 is 1.97 bits per heavy atom. The van der Waals surface area contributed by atoms with E-state index in [1.165, 1.54) is 4.57 Å². The average Bonchev–Trinajstić information content (AvgIpc) is 3.08. The van der Waals surface area contributed by atoms with Gasteiger partial charge in [-0.05, 0) is 42.2 Å². The van der Waals surface area contributed by atoms with E-state index in [0.717, 1.165) is 16.7 Å². The zero-order chi connectivity index (χ0) is 24.5. The maximum Gasteiger partial charge on any atom is 0.419 e. The van der Waals surface area contributed by atoms with Crippen molar-refractivity contribution in [3.63, 3.8) is 0 Å². The summed E-state index contributed by atoms with van der Waals surface area (Å²) in [6.07, 6.45) is 0.585. The predicted molar refractivity (Wildman–Crippen MR) is 126 cm³/mol. The molecule has 1 aliphatic heterocycles. The molecule has 1 aliphatic rings. The molecule has 1 saturated heterocycles. The van der Waals surface area contributed by atoms with Crippen molar-refractivity contribution in [2.45, 2.75) is 31.0 Å². The quantitative estimate of drug-likeness (QED) is 0.519. The first kappa shape index (κ1) is 23.7. The Bertz CT molecular complexity index is 1290. The number of hydrogen-bond acceptors (Lipinski definition) is 7. The number of oxazole rings is 1. The van der Waals surface area contributed by atoms with Gasteiger partial charge in [-0.1, -0.05) is 30.3 Å². The predicted octanol–water partition coefficient (Wildman–Crippen LogP) is 1.47. The highest BCUT2D eigenvalue weighted by molar-refractivity contribution is 5.85. The topological polar surface area (TPSA) is 144 Å². The second-order valence-electron chi connectivity index (χ2n) is 9.14. The van der Waals surface area contributed by atoms with Crippen LogP contribution in [-0.4, -0.2) is 46.5 Å². The highest BCUT2D eigenvalue weighted by Crippen LogP contribution is 2.30. The summed E-state index contributed by atoms with van der Waals surface area (Å²) in [5, 5.41) is 23.2. The van der Waals surface area contributed by atoms with E-state index in [1.807, 2.05) is 36.4 Å². The van der Waals surface area contributed by atoms with Crippen LogP contribution in [-0.2, 0) is 23.0 Å². The Balaban J connectivity index is 1.56. The molecule has 9 heteroatoms. The van der Waals surface area contributed by atoms with Gasteiger partial charge < -0.3 is 25.3 Å². The van der Waals surface area contributed by atoms with Gasteiger partial charge in [-0.2, -0.15) is 5.26 Å². The number of aryl methyl sites for hydroxylation is 1. The number of primary amides is 1. The standard InChI is InChI=1S/C25H28N4O5/c1-24(32)9-10-33-25(22(27)30,15-28-14-24)19(13-26)11-16-3-5-17(6-4-16)18-7-8-21-20(12-18)29(2)23(31)34-21/h3-8,12,19,28,32H,9-11,14-15H2,1-2H3,(H2,27,30)/t19-,24?,25?/m0/s1. The summed E-state index contributed by atoms with van der Waals surface area (Å²) in [6.45, 7) is 2.12. The maximum absolute atomic E-state index is 12.5. The van der Waals surface area contributed by atoms with Crippen LogP contribution < -0.4 is 16.8 Å². The van der Waals surface area contributed by atoms with Gasteiger partial charge in [0.1, 0.15) is 0 Å². The Labute approximate surface area is 196 Å². The molecule has 34 heavy (non-hydrogen) atoms. The van der Waals surface area contributed by atoms with Crippen LogP contribution in [0, 0.1) is 17.2 Å². The van der Waals surface area contributed by atoms with Crippen molar-refractivity contribution in [1.29, 1.82) is 5.26 Å². The van der Waals surface area contributed by atoms with Crippen molar-refractivity contribution in [2.75, 3.05) is 19.7 Å². The van der Waals surface area contributed by atoms with Crippen molar-refractivity contribution in [3.05, 3.63) is 58.6 Å². The number of ether oxygens (including phenoxy) is 1. The normalized spacial score (nSPS) is 24.2. The van der Waals surface area contributed by atoms with Crippen molar-refractivity contribution < 1.29 is 19.1 Å². The summed E-state index contributed by atoms with van der Waals surface area (Å²) in [6, 6.07) is 15.4. The summed E-state index contributed by atoms with van der Waals surface area (Å²) >= 11 is 0. The van der Waals surface area contributed by atoms with Gasteiger partial charge in [0.25, 0.3) is 5.91 Å². The molecule has 2 unspecified atom stereocenters. The van der Waals surface area contributed by atoms with Gasteiger partial charge in [0.2, 0.25) is 0 Å². The Hall–Kier alpha value is -3.45. The van der Waals surface area contributed by atoms with Crippen molar-refractivity contribution >= 4 is 17.0 Å². The van der Waals surface area contributed by atoms with E-state index >= 15 is 0 Å². The Kier molecular flexibility index (Phi) is 6.32. The van der Waals surface area contributed by atoms with Crippen LogP contribution >= 0.6 is 0 Å². The molecule has 4 rings (SSSR count). The Morgan fingerprint density at radius 1 is 1.26 bits per heavy atom. The van der Waals surface area contributed by atoms with Gasteiger partial charge in [-0.15, -0.1) is 0 Å². The molecule has 2 heterocycles. The van der Waals surface area contributed by atoms with Crippen LogP contribution in [0.2, 0.25) is 0 Å². The second kappa shape index (κ2) is 9.06. The van der Waals surface area contributed by atoms with Crippen molar-refractivity contribution in [2.24, 2.45) is 18.7 Å². The summed E-state index contributed by atoms with van der Waals surface area (Å²) in [5.41, 5.74) is 7.20. The SMILES string of the molecule is Cn1c(=O)oc2ccc(-c3ccc(C[C@@H](C#N)C4(C(N)=O)CNCC(C)(O)CCO4)cc3)cc21. The van der Waals surface area contributed by atoms with Crippen LogP contribution in [0.5, 0.6) is 0 Å². The maximum atomic E-state index is 12.5. The zero-order valence-electron chi connectivity index (χ0n) is 19.2. The number of nitrogens with one attached hydrogen (secondary N) is 1. The fourth-order valence-electron chi connectivity index (χ4n) is 4.35. The summed E-state index contributed by atoms with van der Waals surface area (Å²) < 4.78 is 12.5. The fourth-order valence-corrected chi connectivity index (χ4v) is 4.35. The third-order valence-corrected chi connectivity index (χ3v) is 6.55. The molecular formula is C25H28N4O5. The van der Waals surface area contributed by atoms with Gasteiger partial charge >= 0.3 is 5.76 Å². The number of nitrogens with zero attached hydrogens (tertiary/aromatic N) is 2. The number of β-amino-alcohol motifs (C(OH)–C–C–N with tert-alkyl or cyclic N) is 1. The molecule has 9 nitrogen and oxygen atoms in total. The lowest BCUT2D eigenvalue weighted by Gasteiger charge is -2.39. The minimum Gasteiger partial charge on any atom is -0.408 e. The first-order chi connectivity index (χ1) is 16.1. The lowest BCUT2D eigenvalue weighted by molar-refractivity contribution is -0.155. The molecule has 3 atom stereocenters. The number of benzene rings is 2. The summed E-state index contributed by atoms with van der Waals surface area (Å²) in [7, 11) is 1.66. The van der Waals surface area contributed by atoms with Crippen molar-refractivity contribution in [1.82, 2.24) is 9.88 Å². The average molecular weight is 465 g/mol. The second-order valence-corrected chi connectivity index (χ2v) is 9.14. The molecule has 1 fully saturated rings. The van der Waals surface area contributed by atoms with Crippen LogP contribution in [0.4, 0.5) is 0 Å². The molecule has 3 aromatic rings. The summed E-state index contributed by atoms with van der Waals surface area (Å²) in [4.78, 5) is 24.2. The monoisotopic (exact) mass is 464 g/mol. The number of nitriles is 1. The minimum absolute atomic E-state index is 0.0399. The molecule has 1 amide bonds.